The molecule has 1 aliphatic rings. The smallest absolute Gasteiger partial charge is 0.406 e. The average molecular weight is 412 g/mol. The van der Waals surface area contributed by atoms with Gasteiger partial charge >= 0.3 is 10.7 Å². The average Bonchev–Trinajstić information content (AvgIpc) is 2.54. The van der Waals surface area contributed by atoms with E-state index in [1.54, 1.807) is 0 Å². The third-order valence-corrected chi connectivity index (χ3v) is 8.58. The van der Waals surface area contributed by atoms with E-state index >= 15 is 0 Å². The van der Waals surface area contributed by atoms with Gasteiger partial charge in [-0.05, 0) is 31.0 Å². The molecule has 1 saturated carbocycles. The normalized spacial score (nSPS) is 16.7. The zero-order chi connectivity index (χ0) is 19.6. The van der Waals surface area contributed by atoms with Gasteiger partial charge in [0.2, 0.25) is 0 Å². The number of ether oxygens (including phenoxy) is 1. The first-order valence-electron chi connectivity index (χ1n) is 7.55. The Kier molecular flexibility index (Phi) is 5.79. The van der Waals surface area contributed by atoms with E-state index in [2.05, 4.69) is 9.53 Å². The monoisotopic (exact) mass is 412 g/mol. The number of hydrogen-bond donors (Lipinski definition) is 0. The molecule has 1 aliphatic carbocycles. The number of halogens is 3. The van der Waals surface area contributed by atoms with Crippen LogP contribution in [-0.4, -0.2) is 37.6 Å². The summed E-state index contributed by atoms with van der Waals surface area (Å²) in [5.41, 5.74) is 9.06. The molecular formula is C14H15F3N2O5S2. The lowest BCUT2D eigenvalue weighted by Gasteiger charge is -2.19. The van der Waals surface area contributed by atoms with Crippen molar-refractivity contribution in [2.45, 2.75) is 48.6 Å². The van der Waals surface area contributed by atoms with Gasteiger partial charge in [-0.2, -0.15) is 0 Å². The van der Waals surface area contributed by atoms with Gasteiger partial charge in [0.1, 0.15) is 5.75 Å². The molecule has 0 saturated heterocycles. The molecule has 0 bridgehead atoms. The predicted octanol–water partition coefficient (Wildman–Crippen LogP) is 2.69. The highest BCUT2D eigenvalue weighted by Gasteiger charge is 2.47. The van der Waals surface area contributed by atoms with Crippen LogP contribution in [0.3, 0.4) is 0 Å². The minimum Gasteiger partial charge on any atom is -0.406 e. The molecule has 26 heavy (non-hydrogen) atoms. The molecule has 0 unspecified atom stereocenters. The summed E-state index contributed by atoms with van der Waals surface area (Å²) in [4.78, 5) is 1.68. The first-order chi connectivity index (χ1) is 12.0. The van der Waals surface area contributed by atoms with Crippen molar-refractivity contribution < 1.29 is 39.5 Å². The molecule has 0 spiro atoms. The third kappa shape index (κ3) is 4.43. The van der Waals surface area contributed by atoms with Gasteiger partial charge in [0.25, 0.3) is 19.7 Å². The summed E-state index contributed by atoms with van der Waals surface area (Å²) in [5, 5.41) is -1.02. The van der Waals surface area contributed by atoms with Crippen molar-refractivity contribution in [2.24, 2.45) is 0 Å². The van der Waals surface area contributed by atoms with Crippen molar-refractivity contribution in [1.29, 1.82) is 0 Å². The predicted molar refractivity (Wildman–Crippen MR) is 84.7 cm³/mol. The van der Waals surface area contributed by atoms with E-state index in [-0.39, 0.29) is 12.8 Å². The highest BCUT2D eigenvalue weighted by atomic mass is 32.3. The molecule has 0 aromatic heterocycles. The third-order valence-electron chi connectivity index (χ3n) is 3.90. The second-order valence-corrected chi connectivity index (χ2v) is 9.96. The van der Waals surface area contributed by atoms with Crippen molar-refractivity contribution in [3.8, 4) is 5.75 Å². The van der Waals surface area contributed by atoms with Crippen molar-refractivity contribution in [3.05, 3.63) is 29.8 Å². The minimum absolute atomic E-state index is 0.216. The van der Waals surface area contributed by atoms with Crippen molar-refractivity contribution in [3.63, 3.8) is 0 Å². The lowest BCUT2D eigenvalue weighted by molar-refractivity contribution is -0.274. The Morgan fingerprint density at radius 3 is 2.27 bits per heavy atom. The summed E-state index contributed by atoms with van der Waals surface area (Å²) in [7, 11) is -9.35. The van der Waals surface area contributed by atoms with Crippen LogP contribution >= 0.6 is 0 Å². The molecule has 1 aromatic rings. The van der Waals surface area contributed by atoms with Gasteiger partial charge in [-0.3, -0.25) is 0 Å². The molecule has 1 fully saturated rings. The molecule has 0 aliphatic heterocycles. The maximum atomic E-state index is 12.6. The lowest BCUT2D eigenvalue weighted by atomic mass is 10.0. The Balaban J connectivity index is 2.45. The summed E-state index contributed by atoms with van der Waals surface area (Å²) >= 11 is 0. The van der Waals surface area contributed by atoms with Gasteiger partial charge in [0, 0.05) is 0 Å². The lowest BCUT2D eigenvalue weighted by Crippen LogP contribution is -2.35. The molecule has 0 atom stereocenters. The Hall–Kier alpha value is -1.91. The number of alkyl halides is 3. The van der Waals surface area contributed by atoms with Gasteiger partial charge in [-0.1, -0.05) is 25.3 Å². The van der Waals surface area contributed by atoms with Gasteiger partial charge in [0.15, 0.2) is 0 Å². The largest absolute Gasteiger partial charge is 0.573 e. The van der Waals surface area contributed by atoms with Crippen molar-refractivity contribution in [1.82, 2.24) is 0 Å². The van der Waals surface area contributed by atoms with E-state index in [1.165, 1.54) is 0 Å². The van der Waals surface area contributed by atoms with E-state index in [9.17, 15) is 30.0 Å². The van der Waals surface area contributed by atoms with E-state index in [1.807, 2.05) is 0 Å². The summed E-state index contributed by atoms with van der Waals surface area (Å²) in [6.45, 7) is 0. The zero-order valence-electron chi connectivity index (χ0n) is 13.3. The van der Waals surface area contributed by atoms with E-state index in [0.29, 0.717) is 18.9 Å². The molecule has 12 heteroatoms. The van der Waals surface area contributed by atoms with Gasteiger partial charge in [-0.15, -0.1) is 18.0 Å². The molecule has 1 aromatic carbocycles. The minimum atomic E-state index is -5.05. The van der Waals surface area contributed by atoms with Gasteiger partial charge in [-0.25, -0.2) is 16.8 Å². The number of benzene rings is 1. The highest BCUT2D eigenvalue weighted by molar-refractivity contribution is 8.31. The molecule has 0 N–H and O–H groups in total. The van der Waals surface area contributed by atoms with Gasteiger partial charge < -0.3 is 10.3 Å². The number of hydrogen-bond acceptors (Lipinski definition) is 5. The number of sulfone groups is 2. The Morgan fingerprint density at radius 2 is 1.73 bits per heavy atom. The molecule has 144 valence electrons. The molecule has 7 nitrogen and oxygen atoms in total. The second kappa shape index (κ2) is 7.37. The Labute approximate surface area is 148 Å². The first-order valence-corrected chi connectivity index (χ1v) is 10.6. The Bertz CT molecular complexity index is 930. The Morgan fingerprint density at radius 1 is 1.12 bits per heavy atom. The van der Waals surface area contributed by atoms with Crippen LogP contribution in [0.2, 0.25) is 0 Å². The second-order valence-electron chi connectivity index (χ2n) is 5.70. The van der Waals surface area contributed by atoms with Crippen LogP contribution in [0.25, 0.3) is 5.53 Å². The van der Waals surface area contributed by atoms with E-state index in [4.69, 9.17) is 5.53 Å². The van der Waals surface area contributed by atoms with Crippen LogP contribution in [0.5, 0.6) is 5.75 Å². The fraction of sp³-hybridized carbons (Fsp3) is 0.500. The van der Waals surface area contributed by atoms with Crippen LogP contribution in [-0.2, 0) is 19.7 Å². The fourth-order valence-corrected chi connectivity index (χ4v) is 6.83. The van der Waals surface area contributed by atoms with Crippen LogP contribution < -0.4 is 4.74 Å². The van der Waals surface area contributed by atoms with Crippen LogP contribution in [0.4, 0.5) is 13.2 Å². The molecule has 0 heterocycles. The first kappa shape index (κ1) is 20.4. The van der Waals surface area contributed by atoms with Crippen molar-refractivity contribution >= 4 is 24.1 Å². The summed E-state index contributed by atoms with van der Waals surface area (Å²) in [6.07, 6.45) is -2.65. The zero-order valence-corrected chi connectivity index (χ0v) is 14.9. The number of nitrogens with zero attached hydrogens (tertiary/aromatic N) is 2. The highest BCUT2D eigenvalue weighted by Crippen LogP contribution is 2.29. The fourth-order valence-electron chi connectivity index (χ4n) is 2.72. The molecular weight excluding hydrogens is 397 g/mol. The number of rotatable bonds is 3. The van der Waals surface area contributed by atoms with Crippen LogP contribution in [0, 0.1) is 0 Å². The van der Waals surface area contributed by atoms with E-state index < -0.39 is 46.3 Å². The maximum Gasteiger partial charge on any atom is 0.573 e. The summed E-state index contributed by atoms with van der Waals surface area (Å²) < 4.78 is 89.3. The summed E-state index contributed by atoms with van der Waals surface area (Å²) in [6, 6.07) is 3.22. The SMILES string of the molecule is [N-]=[N+]=C(S(=O)(=O)c1cccc(OC(F)(F)F)c1)S(=O)(=O)C1CCCCC1. The summed E-state index contributed by atoms with van der Waals surface area (Å²) in [5.74, 6) is -0.842. The molecule has 2 rings (SSSR count). The maximum absolute atomic E-state index is 12.6. The van der Waals surface area contributed by atoms with Crippen molar-refractivity contribution in [2.75, 3.05) is 0 Å². The van der Waals surface area contributed by atoms with Gasteiger partial charge in [0.05, 0.1) is 10.1 Å². The quantitative estimate of drug-likeness (QED) is 0.328. The standard InChI is InChI=1S/C14H15F3N2O5S2/c15-14(16,17)24-10-5-4-8-12(9-10)26(22,23)13(19-18)25(20,21)11-6-2-1-3-7-11/h4-5,8-9,11H,1-3,6-7H2. The molecule has 0 radical (unpaired) electrons. The van der Waals surface area contributed by atoms with Crippen LogP contribution in [0.1, 0.15) is 32.1 Å². The molecule has 0 amide bonds. The van der Waals surface area contributed by atoms with E-state index in [0.717, 1.165) is 24.6 Å². The topological polar surface area (TPSA) is 114 Å². The van der Waals surface area contributed by atoms with Crippen LogP contribution in [0.15, 0.2) is 29.2 Å².